The quantitative estimate of drug-likeness (QED) is 0.439. The summed E-state index contributed by atoms with van der Waals surface area (Å²) in [5.41, 5.74) is 2.62. The zero-order valence-corrected chi connectivity index (χ0v) is 20.4. The summed E-state index contributed by atoms with van der Waals surface area (Å²) in [7, 11) is -2.42. The van der Waals surface area contributed by atoms with Gasteiger partial charge in [0.05, 0.1) is 18.0 Å². The van der Waals surface area contributed by atoms with Crippen LogP contribution in [0.5, 0.6) is 5.75 Å². The highest BCUT2D eigenvalue weighted by atomic mass is 79.9. The van der Waals surface area contributed by atoms with Gasteiger partial charge in [-0.1, -0.05) is 63.4 Å². The number of fused-ring (bicyclic) bond motifs is 1. The van der Waals surface area contributed by atoms with Crippen LogP contribution in [0.3, 0.4) is 0 Å². The summed E-state index contributed by atoms with van der Waals surface area (Å²) >= 11 is 9.70. The summed E-state index contributed by atoms with van der Waals surface area (Å²) in [6.07, 6.45) is 0. The molecule has 1 amide bonds. The molecule has 0 saturated carbocycles. The molecule has 4 rings (SSSR count). The monoisotopic (exact) mass is 534 g/mol. The Morgan fingerprint density at radius 2 is 1.72 bits per heavy atom. The van der Waals surface area contributed by atoms with Crippen molar-refractivity contribution in [3.63, 3.8) is 0 Å². The molecule has 1 heterocycles. The Hall–Kier alpha value is -2.39. The molecule has 2 N–H and O–H groups in total. The van der Waals surface area contributed by atoms with Crippen LogP contribution < -0.4 is 14.8 Å². The van der Waals surface area contributed by atoms with E-state index in [1.54, 1.807) is 61.7 Å². The number of halogens is 2. The number of hydrogen-bond donors (Lipinski definition) is 2. The molecule has 0 fully saturated rings. The van der Waals surface area contributed by atoms with Gasteiger partial charge in [0.25, 0.3) is 0 Å². The fourth-order valence-electron chi connectivity index (χ4n) is 3.68. The first-order valence-electron chi connectivity index (χ1n) is 9.68. The van der Waals surface area contributed by atoms with Gasteiger partial charge < -0.3 is 10.1 Å². The van der Waals surface area contributed by atoms with E-state index in [9.17, 15) is 13.2 Å². The van der Waals surface area contributed by atoms with Crippen molar-refractivity contribution in [1.29, 1.82) is 0 Å². The Morgan fingerprint density at radius 3 is 2.34 bits per heavy atom. The molecule has 0 aromatic heterocycles. The summed E-state index contributed by atoms with van der Waals surface area (Å²) in [4.78, 5) is 13.3. The van der Waals surface area contributed by atoms with Crippen molar-refractivity contribution in [3.05, 3.63) is 88.4 Å². The van der Waals surface area contributed by atoms with Crippen LogP contribution in [0.4, 0.5) is 5.69 Å². The third kappa shape index (κ3) is 4.03. The largest absolute Gasteiger partial charge is 0.497 e. The van der Waals surface area contributed by atoms with Crippen molar-refractivity contribution >= 4 is 49.1 Å². The average molecular weight is 536 g/mol. The Morgan fingerprint density at radius 1 is 1.06 bits per heavy atom. The summed E-state index contributed by atoms with van der Waals surface area (Å²) in [6.45, 7) is 1.88. The molecule has 32 heavy (non-hydrogen) atoms. The molecule has 2 atom stereocenters. The van der Waals surface area contributed by atoms with Gasteiger partial charge in [0, 0.05) is 16.3 Å². The molecule has 1 aliphatic heterocycles. The van der Waals surface area contributed by atoms with Gasteiger partial charge in [-0.15, -0.1) is 0 Å². The minimum atomic E-state index is -3.97. The molecular formula is C23H20BrClN2O4S. The lowest BCUT2D eigenvalue weighted by Crippen LogP contribution is -2.44. The maximum Gasteiger partial charge on any atom is 0.247 e. The highest BCUT2D eigenvalue weighted by Crippen LogP contribution is 2.51. The second-order valence-corrected chi connectivity index (χ2v) is 10.9. The minimum Gasteiger partial charge on any atom is -0.497 e. The van der Waals surface area contributed by atoms with E-state index in [2.05, 4.69) is 26.0 Å². The number of amides is 1. The summed E-state index contributed by atoms with van der Waals surface area (Å²) in [5.74, 6) is 0.211. The zero-order chi connectivity index (χ0) is 23.1. The number of carbonyl (C=O) groups is 1. The number of nitrogens with one attached hydrogen (secondary N) is 2. The third-order valence-electron chi connectivity index (χ3n) is 5.40. The van der Waals surface area contributed by atoms with E-state index in [1.165, 1.54) is 12.1 Å². The van der Waals surface area contributed by atoms with Crippen LogP contribution in [0.25, 0.3) is 0 Å². The Labute approximate surface area is 200 Å². The lowest BCUT2D eigenvalue weighted by atomic mass is 9.88. The smallest absolute Gasteiger partial charge is 0.247 e. The van der Waals surface area contributed by atoms with Gasteiger partial charge in [0.2, 0.25) is 15.9 Å². The van der Waals surface area contributed by atoms with Crippen LogP contribution in [0.15, 0.2) is 71.6 Å². The van der Waals surface area contributed by atoms with Gasteiger partial charge in [0.15, 0.2) is 4.32 Å². The van der Waals surface area contributed by atoms with Crippen LogP contribution in [0, 0.1) is 6.92 Å². The van der Waals surface area contributed by atoms with Gasteiger partial charge >= 0.3 is 0 Å². The molecular weight excluding hydrogens is 516 g/mol. The molecule has 0 saturated heterocycles. The third-order valence-corrected chi connectivity index (χ3v) is 8.32. The first-order chi connectivity index (χ1) is 15.1. The molecule has 1 aliphatic rings. The number of methoxy groups -OCH3 is 1. The molecule has 6 nitrogen and oxygen atoms in total. The van der Waals surface area contributed by atoms with Crippen molar-refractivity contribution in [2.24, 2.45) is 0 Å². The average Bonchev–Trinajstić information content (AvgIpc) is 3.02. The molecule has 0 radical (unpaired) electrons. The van der Waals surface area contributed by atoms with Gasteiger partial charge in [-0.2, -0.15) is 0 Å². The molecule has 166 valence electrons. The molecule has 3 aromatic rings. The van der Waals surface area contributed by atoms with Crippen molar-refractivity contribution in [3.8, 4) is 5.75 Å². The SMILES string of the molecule is COc1ccc([C@H](NS(=O)(=O)c2ccc(C)cc2)[C@@]2(Br)C(=O)Nc3cc(Cl)ccc32)cc1. The number of hydrogen-bond acceptors (Lipinski definition) is 4. The number of rotatable bonds is 6. The first-order valence-corrected chi connectivity index (χ1v) is 12.3. The maximum atomic E-state index is 13.3. The number of anilines is 1. The van der Waals surface area contributed by atoms with Crippen LogP contribution in [-0.2, 0) is 19.1 Å². The Bertz CT molecular complexity index is 1280. The molecule has 3 aromatic carbocycles. The number of carbonyl (C=O) groups excluding carboxylic acids is 1. The van der Waals surface area contributed by atoms with E-state index >= 15 is 0 Å². The fourth-order valence-corrected chi connectivity index (χ4v) is 6.08. The van der Waals surface area contributed by atoms with Crippen molar-refractivity contribution < 1.29 is 17.9 Å². The normalized spacial score (nSPS) is 18.7. The number of benzene rings is 3. The van der Waals surface area contributed by atoms with Gasteiger partial charge in [-0.3, -0.25) is 4.79 Å². The maximum absolute atomic E-state index is 13.3. The van der Waals surface area contributed by atoms with E-state index in [0.29, 0.717) is 27.6 Å². The number of ether oxygens (including phenoxy) is 1. The lowest BCUT2D eigenvalue weighted by Gasteiger charge is -2.32. The lowest BCUT2D eigenvalue weighted by molar-refractivity contribution is -0.118. The van der Waals surface area contributed by atoms with Crippen LogP contribution in [0.1, 0.15) is 22.7 Å². The van der Waals surface area contributed by atoms with Gasteiger partial charge in [0.1, 0.15) is 5.75 Å². The molecule has 0 bridgehead atoms. The van der Waals surface area contributed by atoms with Crippen molar-refractivity contribution in [1.82, 2.24) is 4.72 Å². The second kappa shape index (κ2) is 8.51. The number of alkyl halides is 1. The number of aryl methyl sites for hydroxylation is 1. The molecule has 9 heteroatoms. The zero-order valence-electron chi connectivity index (χ0n) is 17.2. The van der Waals surface area contributed by atoms with Crippen LogP contribution in [-0.4, -0.2) is 21.4 Å². The standard InChI is InChI=1S/C23H20BrClN2O4S/c1-14-3-10-18(11-4-14)32(29,30)27-21(15-5-8-17(31-2)9-6-15)23(24)19-12-7-16(25)13-20(19)26-22(23)28/h3-13,21,27H,1-2H3,(H,26,28)/t21-,23+/m0/s1. The van der Waals surface area contributed by atoms with Crippen molar-refractivity contribution in [2.45, 2.75) is 22.2 Å². The van der Waals surface area contributed by atoms with E-state index in [-0.39, 0.29) is 4.90 Å². The Balaban J connectivity index is 1.85. The first kappa shape index (κ1) is 22.8. The topological polar surface area (TPSA) is 84.5 Å². The molecule has 0 aliphatic carbocycles. The second-order valence-electron chi connectivity index (χ2n) is 7.50. The van der Waals surface area contributed by atoms with E-state index in [0.717, 1.165) is 5.56 Å². The molecule has 0 unspecified atom stereocenters. The highest BCUT2D eigenvalue weighted by molar-refractivity contribution is 9.10. The van der Waals surface area contributed by atoms with Gasteiger partial charge in [-0.25, -0.2) is 13.1 Å². The van der Waals surface area contributed by atoms with E-state index in [4.69, 9.17) is 16.3 Å². The van der Waals surface area contributed by atoms with Crippen LogP contribution in [0.2, 0.25) is 5.02 Å². The predicted molar refractivity (Wildman–Crippen MR) is 128 cm³/mol. The Kier molecular flexibility index (Phi) is 6.06. The fraction of sp³-hybridized carbons (Fsp3) is 0.174. The van der Waals surface area contributed by atoms with Gasteiger partial charge in [-0.05, 0) is 48.9 Å². The van der Waals surface area contributed by atoms with Crippen molar-refractivity contribution in [2.75, 3.05) is 12.4 Å². The predicted octanol–water partition coefficient (Wildman–Crippen LogP) is 4.92. The highest BCUT2D eigenvalue weighted by Gasteiger charge is 2.52. The summed E-state index contributed by atoms with van der Waals surface area (Å²) in [5, 5.41) is 3.27. The van der Waals surface area contributed by atoms with E-state index < -0.39 is 26.3 Å². The molecule has 0 spiro atoms. The van der Waals surface area contributed by atoms with Crippen LogP contribution >= 0.6 is 27.5 Å². The van der Waals surface area contributed by atoms with E-state index in [1.807, 2.05) is 6.92 Å². The minimum absolute atomic E-state index is 0.104. The summed E-state index contributed by atoms with van der Waals surface area (Å²) in [6, 6.07) is 17.4. The summed E-state index contributed by atoms with van der Waals surface area (Å²) < 4.78 is 33.2. The number of sulfonamides is 1.